The van der Waals surface area contributed by atoms with Gasteiger partial charge in [0.25, 0.3) is 5.09 Å². The van der Waals surface area contributed by atoms with Crippen molar-refractivity contribution >= 4 is 0 Å². The van der Waals surface area contributed by atoms with Gasteiger partial charge in [-0.05, 0) is 5.92 Å². The van der Waals surface area contributed by atoms with Gasteiger partial charge in [-0.2, -0.15) is 0 Å². The van der Waals surface area contributed by atoms with E-state index in [1.807, 2.05) is 0 Å². The molecule has 0 spiro atoms. The number of hydrogen-bond donors (Lipinski definition) is 0. The van der Waals surface area contributed by atoms with Crippen LogP contribution in [0, 0.1) is 16.0 Å². The smallest absolute Gasteiger partial charge is 0.294 e. The van der Waals surface area contributed by atoms with Crippen LogP contribution in [0.15, 0.2) is 0 Å². The molecule has 0 heterocycles. The zero-order valence-corrected chi connectivity index (χ0v) is 6.25. The standard InChI is InChI=1S/C4H10.CH3NO3/c1-4(2)3;1-5-2(3)4/h4H,1-3H3;1H3. The molecule has 0 aromatic rings. The first kappa shape index (κ1) is 11.1. The summed E-state index contributed by atoms with van der Waals surface area (Å²) < 4.78 is 0. The van der Waals surface area contributed by atoms with Crippen molar-refractivity contribution in [3.8, 4) is 0 Å². The molecule has 0 aromatic carbocycles. The second kappa shape index (κ2) is 7.20. The van der Waals surface area contributed by atoms with Crippen LogP contribution in [0.25, 0.3) is 0 Å². The van der Waals surface area contributed by atoms with Crippen LogP contribution in [-0.4, -0.2) is 12.2 Å². The Morgan fingerprint density at radius 3 is 1.56 bits per heavy atom. The van der Waals surface area contributed by atoms with Gasteiger partial charge in [0.1, 0.15) is 0 Å². The van der Waals surface area contributed by atoms with Crippen molar-refractivity contribution < 1.29 is 9.92 Å². The molecule has 0 fully saturated rings. The lowest BCUT2D eigenvalue weighted by molar-refractivity contribution is -0.749. The highest BCUT2D eigenvalue weighted by molar-refractivity contribution is 4.20. The molecule has 0 unspecified atom stereocenters. The second-order valence-corrected chi connectivity index (χ2v) is 2.14. The lowest BCUT2D eigenvalue weighted by Crippen LogP contribution is -1.91. The van der Waals surface area contributed by atoms with Gasteiger partial charge in [0.15, 0.2) is 0 Å². The van der Waals surface area contributed by atoms with Gasteiger partial charge >= 0.3 is 0 Å². The van der Waals surface area contributed by atoms with Crippen LogP contribution in [0.5, 0.6) is 0 Å². The van der Waals surface area contributed by atoms with Crippen LogP contribution in [0.1, 0.15) is 20.8 Å². The van der Waals surface area contributed by atoms with Gasteiger partial charge in [0.05, 0.1) is 7.11 Å². The fourth-order valence-corrected chi connectivity index (χ4v) is 0. The molecule has 0 aliphatic carbocycles. The molecule has 4 nitrogen and oxygen atoms in total. The molecule has 0 amide bonds. The van der Waals surface area contributed by atoms with Gasteiger partial charge < -0.3 is 4.84 Å². The second-order valence-electron chi connectivity index (χ2n) is 2.14. The molecule has 0 bridgehead atoms. The monoisotopic (exact) mass is 135 g/mol. The molecule has 0 saturated carbocycles. The Morgan fingerprint density at radius 2 is 1.56 bits per heavy atom. The van der Waals surface area contributed by atoms with Crippen LogP contribution in [0.3, 0.4) is 0 Å². The van der Waals surface area contributed by atoms with Gasteiger partial charge in [-0.25, -0.2) is 0 Å². The van der Waals surface area contributed by atoms with Crippen molar-refractivity contribution in [1.29, 1.82) is 0 Å². The van der Waals surface area contributed by atoms with Gasteiger partial charge in [0.2, 0.25) is 0 Å². The van der Waals surface area contributed by atoms with E-state index in [9.17, 15) is 0 Å². The average molecular weight is 135 g/mol. The molecule has 0 rings (SSSR count). The molecule has 0 saturated heterocycles. The summed E-state index contributed by atoms with van der Waals surface area (Å²) in [5.41, 5.74) is 0. The summed E-state index contributed by atoms with van der Waals surface area (Å²) in [5, 5.41) is 8.08. The molecule has 56 valence electrons. The maximum Gasteiger partial charge on any atom is 0.294 e. The Hall–Kier alpha value is -0.800. The lowest BCUT2D eigenvalue weighted by Gasteiger charge is -1.79. The van der Waals surface area contributed by atoms with Crippen molar-refractivity contribution in [2.45, 2.75) is 20.8 Å². The fraction of sp³-hybridized carbons (Fsp3) is 1.00. The molecule has 9 heavy (non-hydrogen) atoms. The summed E-state index contributed by atoms with van der Waals surface area (Å²) in [5.74, 6) is 0.833. The van der Waals surface area contributed by atoms with Crippen molar-refractivity contribution in [3.05, 3.63) is 10.1 Å². The minimum atomic E-state index is -0.875. The number of hydrogen-bond acceptors (Lipinski definition) is 3. The van der Waals surface area contributed by atoms with E-state index in [1.165, 1.54) is 0 Å². The highest BCUT2D eigenvalue weighted by Gasteiger charge is 1.77. The molecule has 0 aliphatic rings. The zero-order valence-electron chi connectivity index (χ0n) is 6.25. The highest BCUT2D eigenvalue weighted by atomic mass is 16.9. The molecular weight excluding hydrogens is 122 g/mol. The highest BCUT2D eigenvalue weighted by Crippen LogP contribution is 1.81. The number of nitrogens with zero attached hydrogens (tertiary/aromatic N) is 1. The summed E-state index contributed by atoms with van der Waals surface area (Å²) in [6, 6.07) is 0. The maximum atomic E-state index is 8.95. The normalized spacial score (nSPS) is 7.67. The molecule has 0 aromatic heterocycles. The van der Waals surface area contributed by atoms with E-state index in [4.69, 9.17) is 10.1 Å². The Labute approximate surface area is 54.9 Å². The van der Waals surface area contributed by atoms with Crippen molar-refractivity contribution in [2.24, 2.45) is 5.92 Å². The first-order valence-corrected chi connectivity index (χ1v) is 2.69. The Balaban J connectivity index is 0. The van der Waals surface area contributed by atoms with Crippen molar-refractivity contribution in [1.82, 2.24) is 0 Å². The largest absolute Gasteiger partial charge is 0.317 e. The summed E-state index contributed by atoms with van der Waals surface area (Å²) in [6.45, 7) is 6.50. The minimum absolute atomic E-state index is 0.833. The third-order valence-corrected chi connectivity index (χ3v) is 0.149. The number of rotatable bonds is 1. The van der Waals surface area contributed by atoms with Gasteiger partial charge in [-0.1, -0.05) is 20.8 Å². The summed E-state index contributed by atoms with van der Waals surface area (Å²) in [4.78, 5) is 12.4. The molecule has 0 N–H and O–H groups in total. The predicted octanol–water partition coefficient (Wildman–Crippen LogP) is 1.49. The third-order valence-electron chi connectivity index (χ3n) is 0.149. The van der Waals surface area contributed by atoms with E-state index in [1.54, 1.807) is 0 Å². The Bertz CT molecular complexity index is 69.8. The topological polar surface area (TPSA) is 52.4 Å². The minimum Gasteiger partial charge on any atom is -0.317 e. The van der Waals surface area contributed by atoms with Crippen LogP contribution in [0.2, 0.25) is 0 Å². The van der Waals surface area contributed by atoms with Crippen LogP contribution in [0.4, 0.5) is 0 Å². The van der Waals surface area contributed by atoms with E-state index < -0.39 is 5.09 Å². The zero-order chi connectivity index (χ0) is 7.86. The Kier molecular flexibility index (Phi) is 8.85. The van der Waals surface area contributed by atoms with Crippen LogP contribution in [-0.2, 0) is 4.84 Å². The Morgan fingerprint density at radius 1 is 1.44 bits per heavy atom. The summed E-state index contributed by atoms with van der Waals surface area (Å²) in [7, 11) is 1.00. The average Bonchev–Trinajstić information content (AvgIpc) is 1.65. The van der Waals surface area contributed by atoms with E-state index >= 15 is 0 Å². The third kappa shape index (κ3) is 135. The van der Waals surface area contributed by atoms with Crippen LogP contribution < -0.4 is 0 Å². The first-order valence-electron chi connectivity index (χ1n) is 2.69. The van der Waals surface area contributed by atoms with Gasteiger partial charge in [-0.15, -0.1) is 10.1 Å². The van der Waals surface area contributed by atoms with E-state index in [-0.39, 0.29) is 0 Å². The maximum absolute atomic E-state index is 8.95. The van der Waals surface area contributed by atoms with E-state index in [0.717, 1.165) is 13.0 Å². The van der Waals surface area contributed by atoms with Crippen molar-refractivity contribution in [2.75, 3.05) is 7.11 Å². The summed E-state index contributed by atoms with van der Waals surface area (Å²) >= 11 is 0. The molecule has 0 aliphatic heterocycles. The van der Waals surface area contributed by atoms with Gasteiger partial charge in [0, 0.05) is 0 Å². The van der Waals surface area contributed by atoms with E-state index in [2.05, 4.69) is 25.6 Å². The quantitative estimate of drug-likeness (QED) is 0.404. The van der Waals surface area contributed by atoms with Crippen LogP contribution >= 0.6 is 0 Å². The first-order chi connectivity index (χ1) is 4.00. The summed E-state index contributed by atoms with van der Waals surface area (Å²) in [6.07, 6.45) is 0. The van der Waals surface area contributed by atoms with Crippen molar-refractivity contribution in [3.63, 3.8) is 0 Å². The molecule has 0 atom stereocenters. The molecule has 4 heteroatoms. The van der Waals surface area contributed by atoms with Gasteiger partial charge in [-0.3, -0.25) is 0 Å². The fourth-order valence-electron chi connectivity index (χ4n) is 0. The predicted molar refractivity (Wildman–Crippen MR) is 34.5 cm³/mol. The molecule has 0 radical (unpaired) electrons. The van der Waals surface area contributed by atoms with E-state index in [0.29, 0.717) is 0 Å². The molecular formula is C5H13NO3. The SMILES string of the molecule is CC(C)C.CO[N+](=O)[O-]. The lowest BCUT2D eigenvalue weighted by atomic mass is 10.3.